The Bertz CT molecular complexity index is 741. The van der Waals surface area contributed by atoms with Gasteiger partial charge in [-0.05, 0) is 25.5 Å². The smallest absolute Gasteiger partial charge is 0.191 e. The van der Waals surface area contributed by atoms with Gasteiger partial charge in [0.25, 0.3) is 0 Å². The lowest BCUT2D eigenvalue weighted by Crippen LogP contribution is -2.44. The molecule has 2 aromatic rings. The van der Waals surface area contributed by atoms with Crippen molar-refractivity contribution in [2.24, 2.45) is 4.99 Å². The highest BCUT2D eigenvalue weighted by atomic mass is 32.1. The van der Waals surface area contributed by atoms with Crippen molar-refractivity contribution >= 4 is 23.0 Å². The molecule has 1 aromatic heterocycles. The summed E-state index contributed by atoms with van der Waals surface area (Å²) in [6.45, 7) is 3.74. The van der Waals surface area contributed by atoms with Crippen LogP contribution in [0.4, 0.5) is 14.5 Å². The lowest BCUT2D eigenvalue weighted by Gasteiger charge is -2.21. The maximum atomic E-state index is 13.9. The Morgan fingerprint density at radius 1 is 1.40 bits per heavy atom. The summed E-state index contributed by atoms with van der Waals surface area (Å²) in [5.41, 5.74) is 2.88. The van der Waals surface area contributed by atoms with E-state index in [0.29, 0.717) is 25.6 Å². The van der Waals surface area contributed by atoms with E-state index in [1.54, 1.807) is 23.3 Å². The molecular formula is C17H21F2N5S. The molecule has 0 saturated carbocycles. The van der Waals surface area contributed by atoms with E-state index < -0.39 is 11.6 Å². The van der Waals surface area contributed by atoms with Crippen molar-refractivity contribution in [3.05, 3.63) is 45.9 Å². The molecule has 1 aliphatic heterocycles. The highest BCUT2D eigenvalue weighted by Crippen LogP contribution is 2.26. The molecule has 1 unspecified atom stereocenters. The summed E-state index contributed by atoms with van der Waals surface area (Å²) in [7, 11) is 1.71. The topological polar surface area (TPSA) is 52.6 Å². The molecule has 1 saturated heterocycles. The first-order valence-corrected chi connectivity index (χ1v) is 9.01. The van der Waals surface area contributed by atoms with Gasteiger partial charge in [0.2, 0.25) is 0 Å². The molecule has 3 rings (SSSR count). The minimum atomic E-state index is -0.524. The first kappa shape index (κ1) is 17.6. The van der Waals surface area contributed by atoms with E-state index in [0.717, 1.165) is 17.0 Å². The monoisotopic (exact) mass is 365 g/mol. The zero-order valence-corrected chi connectivity index (χ0v) is 15.0. The molecule has 5 nitrogen and oxygen atoms in total. The van der Waals surface area contributed by atoms with Gasteiger partial charge in [-0.2, -0.15) is 0 Å². The Labute approximate surface area is 149 Å². The third-order valence-corrected chi connectivity index (χ3v) is 5.20. The number of guanidine groups is 1. The van der Waals surface area contributed by atoms with Gasteiger partial charge >= 0.3 is 0 Å². The van der Waals surface area contributed by atoms with Crippen LogP contribution in [-0.4, -0.2) is 37.1 Å². The predicted molar refractivity (Wildman–Crippen MR) is 97.2 cm³/mol. The van der Waals surface area contributed by atoms with Crippen molar-refractivity contribution in [3.8, 4) is 0 Å². The minimum absolute atomic E-state index is 0.0510. The quantitative estimate of drug-likeness (QED) is 0.646. The predicted octanol–water partition coefficient (Wildman–Crippen LogP) is 2.67. The van der Waals surface area contributed by atoms with Crippen molar-refractivity contribution in [1.82, 2.24) is 15.6 Å². The largest absolute Gasteiger partial charge is 0.365 e. The first-order valence-electron chi connectivity index (χ1n) is 8.13. The van der Waals surface area contributed by atoms with Gasteiger partial charge in [0.15, 0.2) is 5.96 Å². The third kappa shape index (κ3) is 4.07. The lowest BCUT2D eigenvalue weighted by molar-refractivity contribution is 0.576. The van der Waals surface area contributed by atoms with E-state index >= 15 is 0 Å². The van der Waals surface area contributed by atoms with Gasteiger partial charge in [-0.1, -0.05) is 6.07 Å². The summed E-state index contributed by atoms with van der Waals surface area (Å²) < 4.78 is 27.9. The Balaban J connectivity index is 1.57. The number of rotatable bonds is 4. The SMILES string of the molecule is CN=C(NCc1scnc1C)NC1CCN(c2c(F)cccc2F)C1. The number of halogens is 2. The fourth-order valence-corrected chi connectivity index (χ4v) is 3.64. The second kappa shape index (κ2) is 7.77. The number of benzene rings is 1. The van der Waals surface area contributed by atoms with Crippen LogP contribution in [-0.2, 0) is 6.54 Å². The van der Waals surface area contributed by atoms with Crippen LogP contribution in [0.3, 0.4) is 0 Å². The number of hydrogen-bond donors (Lipinski definition) is 2. The van der Waals surface area contributed by atoms with Gasteiger partial charge in [-0.3, -0.25) is 4.99 Å². The molecule has 2 heterocycles. The summed E-state index contributed by atoms with van der Waals surface area (Å²) in [6, 6.07) is 4.04. The van der Waals surface area contributed by atoms with Crippen LogP contribution >= 0.6 is 11.3 Å². The van der Waals surface area contributed by atoms with Gasteiger partial charge in [0.1, 0.15) is 17.3 Å². The van der Waals surface area contributed by atoms with E-state index in [9.17, 15) is 8.78 Å². The summed E-state index contributed by atoms with van der Waals surface area (Å²) >= 11 is 1.60. The van der Waals surface area contributed by atoms with Crippen LogP contribution in [0.1, 0.15) is 17.0 Å². The van der Waals surface area contributed by atoms with Gasteiger partial charge in [0.05, 0.1) is 17.7 Å². The van der Waals surface area contributed by atoms with Crippen LogP contribution in [0, 0.1) is 18.6 Å². The van der Waals surface area contributed by atoms with Gasteiger partial charge in [0, 0.05) is 31.1 Å². The van der Waals surface area contributed by atoms with Crippen molar-refractivity contribution in [2.45, 2.75) is 25.9 Å². The van der Waals surface area contributed by atoms with Gasteiger partial charge in [-0.25, -0.2) is 13.8 Å². The molecule has 0 aliphatic carbocycles. The van der Waals surface area contributed by atoms with E-state index in [2.05, 4.69) is 20.6 Å². The molecule has 1 aromatic carbocycles. The zero-order valence-electron chi connectivity index (χ0n) is 14.2. The molecule has 134 valence electrons. The molecule has 25 heavy (non-hydrogen) atoms. The summed E-state index contributed by atoms with van der Waals surface area (Å²) in [4.78, 5) is 11.3. The fraction of sp³-hybridized carbons (Fsp3) is 0.412. The molecule has 8 heteroatoms. The number of hydrogen-bond acceptors (Lipinski definition) is 4. The third-order valence-electron chi connectivity index (χ3n) is 4.27. The highest BCUT2D eigenvalue weighted by molar-refractivity contribution is 7.09. The molecule has 1 aliphatic rings. The second-order valence-corrected chi connectivity index (χ2v) is 6.87. The standard InChI is InChI=1S/C17H21F2N5S/c1-11-15(25-10-22-11)8-21-17(20-2)23-12-6-7-24(9-12)16-13(18)4-3-5-14(16)19/h3-5,10,12H,6-9H2,1-2H3,(H2,20,21,23). The molecule has 1 atom stereocenters. The minimum Gasteiger partial charge on any atom is -0.365 e. The molecule has 2 N–H and O–H groups in total. The van der Waals surface area contributed by atoms with Crippen LogP contribution in [0.25, 0.3) is 0 Å². The average molecular weight is 365 g/mol. The molecule has 0 amide bonds. The van der Waals surface area contributed by atoms with E-state index in [4.69, 9.17) is 0 Å². The first-order chi connectivity index (χ1) is 12.1. The molecule has 1 fully saturated rings. The van der Waals surface area contributed by atoms with Crippen molar-refractivity contribution in [1.29, 1.82) is 0 Å². The number of aryl methyl sites for hydroxylation is 1. The van der Waals surface area contributed by atoms with Gasteiger partial charge in [-0.15, -0.1) is 11.3 Å². The Morgan fingerprint density at radius 3 is 2.80 bits per heavy atom. The number of aromatic nitrogens is 1. The van der Waals surface area contributed by atoms with Crippen LogP contribution in [0.2, 0.25) is 0 Å². The maximum absolute atomic E-state index is 13.9. The summed E-state index contributed by atoms with van der Waals surface area (Å²) in [6.07, 6.45) is 0.786. The second-order valence-electron chi connectivity index (χ2n) is 5.93. The van der Waals surface area contributed by atoms with Gasteiger partial charge < -0.3 is 15.5 Å². The lowest BCUT2D eigenvalue weighted by atomic mass is 10.2. The van der Waals surface area contributed by atoms with Crippen molar-refractivity contribution in [3.63, 3.8) is 0 Å². The zero-order chi connectivity index (χ0) is 17.8. The Hall–Kier alpha value is -2.22. The number of thiazole rings is 1. The molecular weight excluding hydrogens is 344 g/mol. The normalized spacial score (nSPS) is 17.8. The number of nitrogens with one attached hydrogen (secondary N) is 2. The van der Waals surface area contributed by atoms with Crippen molar-refractivity contribution < 1.29 is 8.78 Å². The Morgan fingerprint density at radius 2 is 2.16 bits per heavy atom. The average Bonchev–Trinajstić information content (AvgIpc) is 3.20. The highest BCUT2D eigenvalue weighted by Gasteiger charge is 2.27. The molecule has 0 bridgehead atoms. The van der Waals surface area contributed by atoms with E-state index in [1.165, 1.54) is 18.2 Å². The maximum Gasteiger partial charge on any atom is 0.191 e. The molecule has 0 spiro atoms. The summed E-state index contributed by atoms with van der Waals surface area (Å²) in [5, 5.41) is 6.58. The van der Waals surface area contributed by atoms with Crippen LogP contribution in [0.15, 0.2) is 28.7 Å². The number of nitrogens with zero attached hydrogens (tertiary/aromatic N) is 3. The van der Waals surface area contributed by atoms with Crippen LogP contribution in [0.5, 0.6) is 0 Å². The Kier molecular flexibility index (Phi) is 5.47. The van der Waals surface area contributed by atoms with Crippen molar-refractivity contribution in [2.75, 3.05) is 25.0 Å². The fourth-order valence-electron chi connectivity index (χ4n) is 2.92. The number of anilines is 1. The number of para-hydroxylation sites is 1. The summed E-state index contributed by atoms with van der Waals surface area (Å²) in [5.74, 6) is -0.374. The molecule has 0 radical (unpaired) electrons. The number of aliphatic imine (C=N–C) groups is 1. The van der Waals surface area contributed by atoms with E-state index in [1.807, 2.05) is 12.4 Å². The van der Waals surface area contributed by atoms with E-state index in [-0.39, 0.29) is 11.7 Å². The van der Waals surface area contributed by atoms with Crippen LogP contribution < -0.4 is 15.5 Å².